The van der Waals surface area contributed by atoms with Crippen LogP contribution in [-0.2, 0) is 0 Å². The van der Waals surface area contributed by atoms with Crippen molar-refractivity contribution in [3.8, 4) is 0 Å². The number of hydrogen-bond acceptors (Lipinski definition) is 4. The summed E-state index contributed by atoms with van der Waals surface area (Å²) in [6.07, 6.45) is 1.44. The molecule has 1 heterocycles. The summed E-state index contributed by atoms with van der Waals surface area (Å²) >= 11 is 3.05. The fourth-order valence-electron chi connectivity index (χ4n) is 1.55. The lowest BCUT2D eigenvalue weighted by molar-refractivity contribution is -0.387. The number of pyridine rings is 1. The first-order valence-corrected chi connectivity index (χ1v) is 6.25. The Hall–Kier alpha value is -2.42. The summed E-state index contributed by atoms with van der Waals surface area (Å²) < 4.78 is 27.7. The molecule has 1 N–H and O–H groups in total. The van der Waals surface area contributed by atoms with E-state index in [9.17, 15) is 23.7 Å². The molecule has 0 radical (unpaired) electrons. The predicted octanol–water partition coefficient (Wildman–Crippen LogP) is 3.28. The van der Waals surface area contributed by atoms with E-state index < -0.39 is 33.7 Å². The van der Waals surface area contributed by atoms with Crippen LogP contribution in [0.2, 0.25) is 0 Å². The topological polar surface area (TPSA) is 85.1 Å². The normalized spacial score (nSPS) is 10.2. The molecular weight excluding hydrogens is 352 g/mol. The van der Waals surface area contributed by atoms with Gasteiger partial charge in [-0.05, 0) is 34.1 Å². The van der Waals surface area contributed by atoms with Crippen molar-refractivity contribution in [2.45, 2.75) is 0 Å². The van der Waals surface area contributed by atoms with Crippen molar-refractivity contribution in [3.05, 3.63) is 62.4 Å². The summed E-state index contributed by atoms with van der Waals surface area (Å²) in [6, 6.07) is 4.26. The van der Waals surface area contributed by atoms with E-state index in [4.69, 9.17) is 0 Å². The first-order chi connectivity index (χ1) is 9.91. The number of benzene rings is 1. The van der Waals surface area contributed by atoms with Gasteiger partial charge in [0, 0.05) is 12.3 Å². The third-order valence-electron chi connectivity index (χ3n) is 2.50. The van der Waals surface area contributed by atoms with Crippen LogP contribution in [0.3, 0.4) is 0 Å². The largest absolute Gasteiger partial charge is 0.319 e. The molecule has 2 aromatic rings. The second-order valence-electron chi connectivity index (χ2n) is 3.81. The monoisotopic (exact) mass is 357 g/mol. The summed E-state index contributed by atoms with van der Waals surface area (Å²) in [5, 5.41) is 12.8. The lowest BCUT2D eigenvalue weighted by Crippen LogP contribution is -2.17. The molecule has 0 saturated carbocycles. The molecule has 21 heavy (non-hydrogen) atoms. The molecule has 1 amide bonds. The van der Waals surface area contributed by atoms with Gasteiger partial charge in [0.25, 0.3) is 5.91 Å². The van der Waals surface area contributed by atoms with E-state index in [-0.39, 0.29) is 10.3 Å². The van der Waals surface area contributed by atoms with Crippen molar-refractivity contribution < 1.29 is 18.5 Å². The molecule has 0 unspecified atom stereocenters. The second kappa shape index (κ2) is 5.92. The van der Waals surface area contributed by atoms with Crippen molar-refractivity contribution in [1.82, 2.24) is 4.98 Å². The molecule has 0 aliphatic rings. The smallest absolute Gasteiger partial charge is 0.305 e. The summed E-state index contributed by atoms with van der Waals surface area (Å²) in [6.45, 7) is 0. The van der Waals surface area contributed by atoms with Gasteiger partial charge >= 0.3 is 5.69 Å². The van der Waals surface area contributed by atoms with Gasteiger partial charge in [-0.15, -0.1) is 0 Å². The molecule has 6 nitrogen and oxygen atoms in total. The summed E-state index contributed by atoms with van der Waals surface area (Å²) in [7, 11) is 0. The number of aromatic nitrogens is 1. The number of carbonyl (C=O) groups excluding carboxylic acids is 1. The van der Waals surface area contributed by atoms with E-state index in [1.165, 1.54) is 18.3 Å². The minimum atomic E-state index is -1.53. The zero-order chi connectivity index (χ0) is 15.6. The van der Waals surface area contributed by atoms with E-state index in [0.717, 1.165) is 0 Å². The standard InChI is InChI=1S/C12H6BrF2N3O3/c13-11-7(2-1-5-16-11)17-12(19)9-6(14)3-4-8(10(9)15)18(20)21/h1-5H,(H,17,19). The Morgan fingerprint density at radius 1 is 1.33 bits per heavy atom. The number of amides is 1. The van der Waals surface area contributed by atoms with Crippen LogP contribution < -0.4 is 5.32 Å². The highest BCUT2D eigenvalue weighted by Crippen LogP contribution is 2.25. The van der Waals surface area contributed by atoms with Crippen molar-refractivity contribution in [2.75, 3.05) is 5.32 Å². The van der Waals surface area contributed by atoms with Gasteiger partial charge < -0.3 is 5.32 Å². The van der Waals surface area contributed by atoms with Crippen molar-refractivity contribution in [1.29, 1.82) is 0 Å². The molecular formula is C12H6BrF2N3O3. The highest BCUT2D eigenvalue weighted by Gasteiger charge is 2.26. The van der Waals surface area contributed by atoms with Crippen LogP contribution in [0.25, 0.3) is 0 Å². The molecule has 108 valence electrons. The fraction of sp³-hybridized carbons (Fsp3) is 0. The molecule has 0 spiro atoms. The zero-order valence-corrected chi connectivity index (χ0v) is 11.7. The molecule has 0 bridgehead atoms. The Labute approximate surface area is 125 Å². The predicted molar refractivity (Wildman–Crippen MR) is 72.9 cm³/mol. The number of nitro benzene ring substituents is 1. The lowest BCUT2D eigenvalue weighted by atomic mass is 10.1. The maximum Gasteiger partial charge on any atom is 0.305 e. The van der Waals surface area contributed by atoms with Crippen molar-refractivity contribution in [3.63, 3.8) is 0 Å². The average Bonchev–Trinajstić information content (AvgIpc) is 2.41. The van der Waals surface area contributed by atoms with Gasteiger partial charge in [-0.3, -0.25) is 14.9 Å². The highest BCUT2D eigenvalue weighted by atomic mass is 79.9. The molecule has 0 aliphatic carbocycles. The van der Waals surface area contributed by atoms with Gasteiger partial charge in [-0.1, -0.05) is 0 Å². The van der Waals surface area contributed by atoms with Gasteiger partial charge in [0.1, 0.15) is 16.0 Å². The number of carbonyl (C=O) groups is 1. The Kier molecular flexibility index (Phi) is 4.22. The number of hydrogen-bond donors (Lipinski definition) is 1. The number of halogens is 3. The van der Waals surface area contributed by atoms with Crippen molar-refractivity contribution >= 4 is 33.2 Å². The Morgan fingerprint density at radius 2 is 2.05 bits per heavy atom. The number of rotatable bonds is 3. The van der Waals surface area contributed by atoms with E-state index in [2.05, 4.69) is 26.2 Å². The van der Waals surface area contributed by atoms with Crippen LogP contribution in [-0.4, -0.2) is 15.8 Å². The van der Waals surface area contributed by atoms with Crippen LogP contribution in [0.5, 0.6) is 0 Å². The van der Waals surface area contributed by atoms with Gasteiger partial charge in [0.15, 0.2) is 0 Å². The van der Waals surface area contributed by atoms with E-state index in [1.807, 2.05) is 0 Å². The number of nitrogens with one attached hydrogen (secondary N) is 1. The highest BCUT2D eigenvalue weighted by molar-refractivity contribution is 9.10. The SMILES string of the molecule is O=C(Nc1cccnc1Br)c1c(F)ccc([N+](=O)[O-])c1F. The maximum absolute atomic E-state index is 13.9. The maximum atomic E-state index is 13.9. The van der Waals surface area contributed by atoms with Gasteiger partial charge in [-0.25, -0.2) is 9.37 Å². The van der Waals surface area contributed by atoms with Gasteiger partial charge in [-0.2, -0.15) is 4.39 Å². The third-order valence-corrected chi connectivity index (χ3v) is 3.13. The third kappa shape index (κ3) is 3.02. The van der Waals surface area contributed by atoms with Gasteiger partial charge in [0.05, 0.1) is 10.6 Å². The minimum absolute atomic E-state index is 0.174. The number of nitrogens with zero attached hydrogens (tertiary/aromatic N) is 2. The minimum Gasteiger partial charge on any atom is -0.319 e. The first kappa shape index (κ1) is 15.0. The van der Waals surface area contributed by atoms with Gasteiger partial charge in [0.2, 0.25) is 5.82 Å². The number of nitro groups is 1. The molecule has 0 fully saturated rings. The molecule has 0 aliphatic heterocycles. The molecule has 2 rings (SSSR count). The Bertz CT molecular complexity index is 740. The lowest BCUT2D eigenvalue weighted by Gasteiger charge is -2.08. The quantitative estimate of drug-likeness (QED) is 0.518. The summed E-state index contributed by atoms with van der Waals surface area (Å²) in [4.78, 5) is 25.3. The van der Waals surface area contributed by atoms with Crippen molar-refractivity contribution in [2.24, 2.45) is 0 Å². The zero-order valence-electron chi connectivity index (χ0n) is 10.1. The average molecular weight is 358 g/mol. The first-order valence-electron chi connectivity index (χ1n) is 5.46. The van der Waals surface area contributed by atoms with Crippen LogP contribution in [0, 0.1) is 21.7 Å². The summed E-state index contributed by atoms with van der Waals surface area (Å²) in [5.41, 5.74) is -1.83. The van der Waals surface area contributed by atoms with E-state index in [1.54, 1.807) is 0 Å². The van der Waals surface area contributed by atoms with Crippen LogP contribution >= 0.6 is 15.9 Å². The molecule has 1 aromatic heterocycles. The molecule has 1 aromatic carbocycles. The van der Waals surface area contributed by atoms with Crippen LogP contribution in [0.4, 0.5) is 20.2 Å². The summed E-state index contributed by atoms with van der Waals surface area (Å²) in [5.74, 6) is -3.88. The van der Waals surface area contributed by atoms with E-state index >= 15 is 0 Å². The molecule has 9 heteroatoms. The van der Waals surface area contributed by atoms with Crippen LogP contribution in [0.1, 0.15) is 10.4 Å². The Balaban J connectivity index is 2.42. The molecule has 0 atom stereocenters. The van der Waals surface area contributed by atoms with Crippen LogP contribution in [0.15, 0.2) is 35.1 Å². The van der Waals surface area contributed by atoms with E-state index in [0.29, 0.717) is 12.1 Å². The number of anilines is 1. The second-order valence-corrected chi connectivity index (χ2v) is 4.56. The Morgan fingerprint density at radius 3 is 2.67 bits per heavy atom. The fourth-order valence-corrected chi connectivity index (χ4v) is 1.90. The molecule has 0 saturated heterocycles.